The Labute approximate surface area is 135 Å². The van der Waals surface area contributed by atoms with Crippen LogP contribution in [0, 0.1) is 0 Å². The first-order valence-electron chi connectivity index (χ1n) is 7.52. The van der Waals surface area contributed by atoms with E-state index in [1.165, 1.54) is 12.8 Å². The Morgan fingerprint density at radius 2 is 2.24 bits per heavy atom. The van der Waals surface area contributed by atoms with Gasteiger partial charge in [0.25, 0.3) is 0 Å². The van der Waals surface area contributed by atoms with Gasteiger partial charge in [0.1, 0.15) is 0 Å². The van der Waals surface area contributed by atoms with Gasteiger partial charge in [-0.3, -0.25) is 0 Å². The van der Waals surface area contributed by atoms with Crippen molar-refractivity contribution in [1.82, 2.24) is 9.62 Å². The molecule has 0 radical (unpaired) electrons. The molecule has 1 unspecified atom stereocenters. The van der Waals surface area contributed by atoms with Gasteiger partial charge in [-0.15, -0.1) is 11.3 Å². The third-order valence-electron chi connectivity index (χ3n) is 4.01. The summed E-state index contributed by atoms with van der Waals surface area (Å²) in [5.41, 5.74) is 0. The molecule has 0 bridgehead atoms. The lowest BCUT2D eigenvalue weighted by Gasteiger charge is -2.31. The molecule has 1 aliphatic carbocycles. The molecule has 1 aromatic rings. The quantitative estimate of drug-likeness (QED) is 0.860. The number of hydrogen-bond acceptors (Lipinski definition) is 5. The van der Waals surface area contributed by atoms with Gasteiger partial charge in [0.2, 0.25) is 10.0 Å². The van der Waals surface area contributed by atoms with Gasteiger partial charge < -0.3 is 5.32 Å². The van der Waals surface area contributed by atoms with Crippen molar-refractivity contribution in [2.75, 3.05) is 18.8 Å². The Bertz CT molecular complexity index is 581. The van der Waals surface area contributed by atoms with E-state index in [0.29, 0.717) is 35.8 Å². The number of thioether (sulfide) groups is 1. The molecule has 1 saturated carbocycles. The van der Waals surface area contributed by atoms with E-state index in [1.54, 1.807) is 21.7 Å². The van der Waals surface area contributed by atoms with Crippen molar-refractivity contribution >= 4 is 33.1 Å². The molecular weight excluding hydrogens is 324 g/mol. The lowest BCUT2D eigenvalue weighted by molar-refractivity contribution is 0.415. The van der Waals surface area contributed by atoms with Crippen molar-refractivity contribution in [2.45, 2.75) is 48.9 Å². The average Bonchev–Trinajstić information content (AvgIpc) is 3.20. The maximum absolute atomic E-state index is 12.9. The SMILES string of the molecule is CCC1CN(S(=O)(=O)c2ccsc2CNC2CC2)CCS1. The molecule has 2 fully saturated rings. The van der Waals surface area contributed by atoms with Crippen molar-refractivity contribution < 1.29 is 8.42 Å². The van der Waals surface area contributed by atoms with Gasteiger partial charge >= 0.3 is 0 Å². The second-order valence-electron chi connectivity index (χ2n) is 5.63. The van der Waals surface area contributed by atoms with Crippen molar-refractivity contribution in [1.29, 1.82) is 0 Å². The van der Waals surface area contributed by atoms with Crippen molar-refractivity contribution in [3.63, 3.8) is 0 Å². The number of hydrogen-bond donors (Lipinski definition) is 1. The Balaban J connectivity index is 1.75. The third-order valence-corrected chi connectivity index (χ3v) is 8.38. The first kappa shape index (κ1) is 15.8. The number of nitrogens with one attached hydrogen (secondary N) is 1. The fraction of sp³-hybridized carbons (Fsp3) is 0.714. The molecule has 1 aliphatic heterocycles. The molecule has 0 aromatic carbocycles. The minimum absolute atomic E-state index is 0.431. The zero-order valence-corrected chi connectivity index (χ0v) is 14.7. The Morgan fingerprint density at radius 3 is 2.95 bits per heavy atom. The first-order chi connectivity index (χ1) is 10.1. The van der Waals surface area contributed by atoms with Crippen molar-refractivity contribution in [2.24, 2.45) is 0 Å². The average molecular weight is 347 g/mol. The second-order valence-corrected chi connectivity index (χ2v) is 9.94. The maximum Gasteiger partial charge on any atom is 0.244 e. The lowest BCUT2D eigenvalue weighted by atomic mass is 10.3. The molecule has 2 aliphatic rings. The Hall–Kier alpha value is -0.0800. The number of thiophene rings is 1. The molecule has 118 valence electrons. The van der Waals surface area contributed by atoms with Gasteiger partial charge in [-0.1, -0.05) is 6.92 Å². The molecule has 21 heavy (non-hydrogen) atoms. The largest absolute Gasteiger partial charge is 0.309 e. The number of rotatable bonds is 6. The summed E-state index contributed by atoms with van der Waals surface area (Å²) in [5.74, 6) is 0.900. The molecule has 7 heteroatoms. The van der Waals surface area contributed by atoms with E-state index in [-0.39, 0.29) is 0 Å². The fourth-order valence-corrected chi connectivity index (χ4v) is 6.75. The topological polar surface area (TPSA) is 49.4 Å². The zero-order chi connectivity index (χ0) is 14.9. The number of nitrogens with zero attached hydrogens (tertiary/aromatic N) is 1. The summed E-state index contributed by atoms with van der Waals surface area (Å²) in [6.45, 7) is 4.09. The zero-order valence-electron chi connectivity index (χ0n) is 12.2. The second kappa shape index (κ2) is 6.58. The van der Waals surface area contributed by atoms with Crippen LogP contribution in [0.2, 0.25) is 0 Å². The molecule has 1 aromatic heterocycles. The minimum atomic E-state index is -3.33. The highest BCUT2D eigenvalue weighted by Crippen LogP contribution is 2.30. The maximum atomic E-state index is 12.9. The molecule has 4 nitrogen and oxygen atoms in total. The van der Waals surface area contributed by atoms with Crippen LogP contribution in [-0.4, -0.2) is 42.9 Å². The molecule has 1 saturated heterocycles. The molecule has 1 N–H and O–H groups in total. The number of sulfonamides is 1. The van der Waals surface area contributed by atoms with Gasteiger partial charge in [-0.05, 0) is 30.7 Å². The van der Waals surface area contributed by atoms with E-state index >= 15 is 0 Å². The molecule has 3 rings (SSSR count). The van der Waals surface area contributed by atoms with E-state index in [4.69, 9.17) is 0 Å². The van der Waals surface area contributed by atoms with E-state index in [9.17, 15) is 8.42 Å². The van der Waals surface area contributed by atoms with Crippen molar-refractivity contribution in [3.05, 3.63) is 16.3 Å². The van der Waals surface area contributed by atoms with E-state index in [2.05, 4.69) is 12.2 Å². The summed E-state index contributed by atoms with van der Waals surface area (Å²) in [7, 11) is -3.33. The molecule has 0 spiro atoms. The van der Waals surface area contributed by atoms with E-state index in [0.717, 1.165) is 17.1 Å². The van der Waals surface area contributed by atoms with Crippen LogP contribution in [0.15, 0.2) is 16.3 Å². The summed E-state index contributed by atoms with van der Waals surface area (Å²) in [6.07, 6.45) is 3.46. The van der Waals surface area contributed by atoms with Crippen LogP contribution >= 0.6 is 23.1 Å². The molecular formula is C14H22N2O2S3. The first-order valence-corrected chi connectivity index (χ1v) is 10.9. The van der Waals surface area contributed by atoms with Crippen LogP contribution in [0.1, 0.15) is 31.1 Å². The van der Waals surface area contributed by atoms with Crippen LogP contribution in [0.25, 0.3) is 0 Å². The smallest absolute Gasteiger partial charge is 0.244 e. The third kappa shape index (κ3) is 3.64. The van der Waals surface area contributed by atoms with Gasteiger partial charge in [0.05, 0.1) is 4.90 Å². The Morgan fingerprint density at radius 1 is 1.43 bits per heavy atom. The summed E-state index contributed by atoms with van der Waals surface area (Å²) in [4.78, 5) is 1.47. The summed E-state index contributed by atoms with van der Waals surface area (Å²) < 4.78 is 27.5. The minimum Gasteiger partial charge on any atom is -0.309 e. The monoisotopic (exact) mass is 346 g/mol. The summed E-state index contributed by atoms with van der Waals surface area (Å²) >= 11 is 3.43. The van der Waals surface area contributed by atoms with E-state index < -0.39 is 10.0 Å². The highest BCUT2D eigenvalue weighted by molar-refractivity contribution is 8.00. The summed E-state index contributed by atoms with van der Waals surface area (Å²) in [6, 6.07) is 2.37. The van der Waals surface area contributed by atoms with Crippen LogP contribution in [-0.2, 0) is 16.6 Å². The van der Waals surface area contributed by atoms with E-state index in [1.807, 2.05) is 17.1 Å². The molecule has 0 amide bonds. The molecule has 1 atom stereocenters. The highest BCUT2D eigenvalue weighted by atomic mass is 32.2. The van der Waals surface area contributed by atoms with Gasteiger partial charge in [0, 0.05) is 41.6 Å². The van der Waals surface area contributed by atoms with Crippen molar-refractivity contribution in [3.8, 4) is 0 Å². The van der Waals surface area contributed by atoms with Crippen LogP contribution in [0.5, 0.6) is 0 Å². The Kier molecular flexibility index (Phi) is 4.95. The predicted octanol–water partition coefficient (Wildman–Crippen LogP) is 2.52. The summed E-state index contributed by atoms with van der Waals surface area (Å²) in [5, 5.41) is 5.74. The fourth-order valence-electron chi connectivity index (χ4n) is 2.51. The highest BCUT2D eigenvalue weighted by Gasteiger charge is 2.32. The van der Waals surface area contributed by atoms with Crippen LogP contribution in [0.4, 0.5) is 0 Å². The van der Waals surface area contributed by atoms with Crippen LogP contribution < -0.4 is 5.32 Å². The van der Waals surface area contributed by atoms with Crippen LogP contribution in [0.3, 0.4) is 0 Å². The standard InChI is InChI=1S/C14H22N2O2S3/c1-2-12-10-16(6-8-19-12)21(17,18)14-5-7-20-13(14)9-15-11-3-4-11/h5,7,11-12,15H,2-4,6,8-10H2,1H3. The van der Waals surface area contributed by atoms with Gasteiger partial charge in [0.15, 0.2) is 0 Å². The lowest BCUT2D eigenvalue weighted by Crippen LogP contribution is -2.41. The predicted molar refractivity (Wildman–Crippen MR) is 89.5 cm³/mol. The normalized spacial score (nSPS) is 24.3. The van der Waals surface area contributed by atoms with Gasteiger partial charge in [-0.2, -0.15) is 16.1 Å². The van der Waals surface area contributed by atoms with Gasteiger partial charge in [-0.25, -0.2) is 8.42 Å². The molecule has 2 heterocycles.